The standard InChI is InChI=1S/C10H15N5O2/c1-14-4-6-15(7-5-14)10(17)11-8-2-3-9(16)13-12-8/h2-3H,4-7H2,1H3,(H,13,16)(H,11,12,17). The van der Waals surface area contributed by atoms with Crippen LogP contribution in [0.1, 0.15) is 0 Å². The average molecular weight is 237 g/mol. The van der Waals surface area contributed by atoms with Gasteiger partial charge in [-0.3, -0.25) is 10.1 Å². The number of hydrogen-bond acceptors (Lipinski definition) is 4. The Morgan fingerprint density at radius 2 is 2.06 bits per heavy atom. The van der Waals surface area contributed by atoms with Crippen LogP contribution in [0, 0.1) is 0 Å². The highest BCUT2D eigenvalue weighted by Gasteiger charge is 2.19. The van der Waals surface area contributed by atoms with Crippen LogP contribution < -0.4 is 10.9 Å². The number of nitrogens with zero attached hydrogens (tertiary/aromatic N) is 3. The summed E-state index contributed by atoms with van der Waals surface area (Å²) in [6.07, 6.45) is 0. The van der Waals surface area contributed by atoms with Crippen molar-refractivity contribution in [3.63, 3.8) is 0 Å². The van der Waals surface area contributed by atoms with E-state index in [-0.39, 0.29) is 11.6 Å². The zero-order valence-corrected chi connectivity index (χ0v) is 9.64. The topological polar surface area (TPSA) is 81.3 Å². The molecule has 2 N–H and O–H groups in total. The number of carbonyl (C=O) groups is 1. The van der Waals surface area contributed by atoms with Crippen molar-refractivity contribution in [2.75, 3.05) is 38.5 Å². The van der Waals surface area contributed by atoms with Gasteiger partial charge in [0.1, 0.15) is 0 Å². The third-order valence-electron chi connectivity index (χ3n) is 2.70. The number of anilines is 1. The summed E-state index contributed by atoms with van der Waals surface area (Å²) in [4.78, 5) is 26.5. The van der Waals surface area contributed by atoms with Crippen molar-refractivity contribution in [3.05, 3.63) is 22.5 Å². The minimum atomic E-state index is -0.289. The second-order valence-corrected chi connectivity index (χ2v) is 4.03. The molecule has 2 amide bonds. The first-order chi connectivity index (χ1) is 8.15. The number of rotatable bonds is 1. The van der Waals surface area contributed by atoms with Crippen LogP contribution in [-0.4, -0.2) is 59.3 Å². The van der Waals surface area contributed by atoms with E-state index in [0.717, 1.165) is 13.1 Å². The van der Waals surface area contributed by atoms with E-state index in [1.165, 1.54) is 12.1 Å². The van der Waals surface area contributed by atoms with Gasteiger partial charge in [-0.2, -0.15) is 5.10 Å². The molecule has 0 saturated carbocycles. The zero-order chi connectivity index (χ0) is 12.3. The molecular weight excluding hydrogens is 222 g/mol. The van der Waals surface area contributed by atoms with Gasteiger partial charge in [0.2, 0.25) is 0 Å². The van der Waals surface area contributed by atoms with E-state index in [1.54, 1.807) is 4.90 Å². The van der Waals surface area contributed by atoms with Crippen molar-refractivity contribution in [1.29, 1.82) is 0 Å². The second-order valence-electron chi connectivity index (χ2n) is 4.03. The highest BCUT2D eigenvalue weighted by Crippen LogP contribution is 2.03. The molecule has 7 heteroatoms. The highest BCUT2D eigenvalue weighted by molar-refractivity contribution is 5.88. The molecule has 2 heterocycles. The monoisotopic (exact) mass is 237 g/mol. The molecule has 7 nitrogen and oxygen atoms in total. The van der Waals surface area contributed by atoms with Crippen LogP contribution in [0.3, 0.4) is 0 Å². The molecular formula is C10H15N5O2. The lowest BCUT2D eigenvalue weighted by Gasteiger charge is -2.32. The third-order valence-corrected chi connectivity index (χ3v) is 2.70. The zero-order valence-electron chi connectivity index (χ0n) is 9.64. The number of aromatic nitrogens is 2. The van der Waals surface area contributed by atoms with Gasteiger partial charge < -0.3 is 9.80 Å². The average Bonchev–Trinajstić information content (AvgIpc) is 2.33. The van der Waals surface area contributed by atoms with Crippen molar-refractivity contribution in [2.45, 2.75) is 0 Å². The summed E-state index contributed by atoms with van der Waals surface area (Å²) >= 11 is 0. The fourth-order valence-corrected chi connectivity index (χ4v) is 1.61. The van der Waals surface area contributed by atoms with E-state index in [4.69, 9.17) is 0 Å². The number of nitrogens with one attached hydrogen (secondary N) is 2. The smallest absolute Gasteiger partial charge is 0.322 e. The molecule has 0 spiro atoms. The molecule has 0 radical (unpaired) electrons. The van der Waals surface area contributed by atoms with Crippen LogP contribution in [0.4, 0.5) is 10.6 Å². The lowest BCUT2D eigenvalue weighted by atomic mass is 10.3. The Bertz CT molecular complexity index is 430. The molecule has 1 aliphatic heterocycles. The van der Waals surface area contributed by atoms with Crippen molar-refractivity contribution >= 4 is 11.8 Å². The maximum Gasteiger partial charge on any atom is 0.323 e. The van der Waals surface area contributed by atoms with Crippen LogP contribution in [0.25, 0.3) is 0 Å². The number of urea groups is 1. The van der Waals surface area contributed by atoms with Gasteiger partial charge in [-0.05, 0) is 13.1 Å². The first-order valence-electron chi connectivity index (χ1n) is 5.45. The lowest BCUT2D eigenvalue weighted by Crippen LogP contribution is -2.48. The molecule has 0 unspecified atom stereocenters. The molecule has 1 saturated heterocycles. The van der Waals surface area contributed by atoms with Crippen LogP contribution in [0.2, 0.25) is 0 Å². The normalized spacial score (nSPS) is 16.9. The number of aromatic amines is 1. The summed E-state index contributed by atoms with van der Waals surface area (Å²) in [6.45, 7) is 3.14. The van der Waals surface area contributed by atoms with Crippen LogP contribution in [0.15, 0.2) is 16.9 Å². The van der Waals surface area contributed by atoms with E-state index in [9.17, 15) is 9.59 Å². The SMILES string of the molecule is CN1CCN(C(=O)Nc2ccc(=O)[nH]n2)CC1. The van der Waals surface area contributed by atoms with E-state index < -0.39 is 0 Å². The number of H-pyrrole nitrogens is 1. The summed E-state index contributed by atoms with van der Waals surface area (Å²) < 4.78 is 0. The van der Waals surface area contributed by atoms with Crippen LogP contribution in [-0.2, 0) is 0 Å². The molecule has 17 heavy (non-hydrogen) atoms. The maximum atomic E-state index is 11.8. The summed E-state index contributed by atoms with van der Waals surface area (Å²) in [5.41, 5.74) is -0.289. The quantitative estimate of drug-likeness (QED) is 0.693. The van der Waals surface area contributed by atoms with E-state index in [0.29, 0.717) is 18.9 Å². The number of likely N-dealkylation sites (N-methyl/N-ethyl adjacent to an activating group) is 1. The van der Waals surface area contributed by atoms with Gasteiger partial charge in [-0.1, -0.05) is 0 Å². The second kappa shape index (κ2) is 4.96. The van der Waals surface area contributed by atoms with Gasteiger partial charge in [0.25, 0.3) is 5.56 Å². The Hall–Kier alpha value is -1.89. The first kappa shape index (κ1) is 11.6. The van der Waals surface area contributed by atoms with Crippen LogP contribution in [0.5, 0.6) is 0 Å². The molecule has 1 aliphatic rings. The molecule has 0 bridgehead atoms. The third kappa shape index (κ3) is 3.04. The summed E-state index contributed by atoms with van der Waals surface area (Å²) in [5, 5.41) is 8.63. The van der Waals surface area contributed by atoms with Crippen molar-refractivity contribution in [1.82, 2.24) is 20.0 Å². The number of piperazine rings is 1. The molecule has 1 aromatic rings. The van der Waals surface area contributed by atoms with Gasteiger partial charge in [0, 0.05) is 32.2 Å². The van der Waals surface area contributed by atoms with Crippen molar-refractivity contribution < 1.29 is 4.79 Å². The van der Waals surface area contributed by atoms with E-state index in [2.05, 4.69) is 20.4 Å². The Balaban J connectivity index is 1.93. The predicted molar refractivity (Wildman–Crippen MR) is 62.9 cm³/mol. The molecule has 1 aromatic heterocycles. The van der Waals surface area contributed by atoms with Gasteiger partial charge in [-0.25, -0.2) is 9.89 Å². The molecule has 0 atom stereocenters. The van der Waals surface area contributed by atoms with E-state index in [1.807, 2.05) is 7.05 Å². The maximum absolute atomic E-state index is 11.8. The summed E-state index contributed by atoms with van der Waals surface area (Å²) in [6, 6.07) is 2.62. The summed E-state index contributed by atoms with van der Waals surface area (Å²) in [7, 11) is 2.03. The van der Waals surface area contributed by atoms with E-state index >= 15 is 0 Å². The van der Waals surface area contributed by atoms with Crippen molar-refractivity contribution in [3.8, 4) is 0 Å². The minimum absolute atomic E-state index is 0.183. The molecule has 0 aromatic carbocycles. The minimum Gasteiger partial charge on any atom is -0.322 e. The predicted octanol–water partition coefficient (Wildman–Crippen LogP) is -0.451. The Labute approximate surface area is 98.4 Å². The van der Waals surface area contributed by atoms with Gasteiger partial charge in [0.05, 0.1) is 0 Å². The lowest BCUT2D eigenvalue weighted by molar-refractivity contribution is 0.164. The van der Waals surface area contributed by atoms with Crippen LogP contribution >= 0.6 is 0 Å². The largest absolute Gasteiger partial charge is 0.323 e. The number of hydrogen-bond donors (Lipinski definition) is 2. The Kier molecular flexibility index (Phi) is 3.38. The first-order valence-corrected chi connectivity index (χ1v) is 5.45. The molecule has 2 rings (SSSR count). The molecule has 1 fully saturated rings. The van der Waals surface area contributed by atoms with Gasteiger partial charge in [0.15, 0.2) is 5.82 Å². The van der Waals surface area contributed by atoms with Gasteiger partial charge >= 0.3 is 6.03 Å². The number of amides is 2. The number of carbonyl (C=O) groups excluding carboxylic acids is 1. The highest BCUT2D eigenvalue weighted by atomic mass is 16.2. The van der Waals surface area contributed by atoms with Crippen molar-refractivity contribution in [2.24, 2.45) is 0 Å². The fraction of sp³-hybridized carbons (Fsp3) is 0.500. The molecule has 0 aliphatic carbocycles. The Morgan fingerprint density at radius 3 is 2.65 bits per heavy atom. The molecule has 92 valence electrons. The van der Waals surface area contributed by atoms with Gasteiger partial charge in [-0.15, -0.1) is 0 Å². The fourth-order valence-electron chi connectivity index (χ4n) is 1.61. The summed E-state index contributed by atoms with van der Waals surface area (Å²) in [5.74, 6) is 0.355. The Morgan fingerprint density at radius 1 is 1.35 bits per heavy atom.